The van der Waals surface area contributed by atoms with Gasteiger partial charge in [-0.1, -0.05) is 18.2 Å². The first-order chi connectivity index (χ1) is 9.56. The summed E-state index contributed by atoms with van der Waals surface area (Å²) in [5.41, 5.74) is 0.856. The highest BCUT2D eigenvalue weighted by atomic mass is 32.2. The Bertz CT molecular complexity index is 577. The lowest BCUT2D eigenvalue weighted by Crippen LogP contribution is -2.34. The molecule has 0 amide bonds. The van der Waals surface area contributed by atoms with Gasteiger partial charge >= 0.3 is 0 Å². The van der Waals surface area contributed by atoms with Crippen molar-refractivity contribution < 1.29 is 8.42 Å². The molecule has 3 rings (SSSR count). The first kappa shape index (κ1) is 14.0. The van der Waals surface area contributed by atoms with E-state index in [9.17, 15) is 8.42 Å². The van der Waals surface area contributed by atoms with Crippen molar-refractivity contribution in [3.05, 3.63) is 29.8 Å². The average Bonchev–Trinajstić information content (AvgIpc) is 3.29. The van der Waals surface area contributed by atoms with Crippen molar-refractivity contribution in [2.45, 2.75) is 56.1 Å². The van der Waals surface area contributed by atoms with E-state index >= 15 is 0 Å². The van der Waals surface area contributed by atoms with Gasteiger partial charge in [-0.2, -0.15) is 0 Å². The van der Waals surface area contributed by atoms with Crippen LogP contribution in [0.3, 0.4) is 0 Å². The molecule has 2 aliphatic rings. The van der Waals surface area contributed by atoms with Gasteiger partial charge < -0.3 is 5.32 Å². The number of hydrogen-bond acceptors (Lipinski definition) is 3. The zero-order valence-electron chi connectivity index (χ0n) is 11.8. The monoisotopic (exact) mass is 294 g/mol. The fourth-order valence-corrected chi connectivity index (χ4v) is 4.01. The van der Waals surface area contributed by atoms with Crippen LogP contribution < -0.4 is 10.0 Å². The summed E-state index contributed by atoms with van der Waals surface area (Å²) in [6.07, 6.45) is 4.67. The van der Waals surface area contributed by atoms with Gasteiger partial charge in [-0.05, 0) is 50.2 Å². The molecule has 1 aromatic carbocycles. The lowest BCUT2D eigenvalue weighted by atomic mass is 10.2. The van der Waals surface area contributed by atoms with Gasteiger partial charge in [-0.25, -0.2) is 13.1 Å². The predicted octanol–water partition coefficient (Wildman–Crippen LogP) is 2.02. The van der Waals surface area contributed by atoms with Crippen molar-refractivity contribution in [3.63, 3.8) is 0 Å². The minimum atomic E-state index is -3.41. The third-order valence-corrected chi connectivity index (χ3v) is 5.75. The molecule has 1 atom stereocenters. The van der Waals surface area contributed by atoms with E-state index in [1.54, 1.807) is 12.1 Å². The maximum atomic E-state index is 12.5. The standard InChI is InChI=1S/C15H22N2O2S/c1-11(12-6-7-12)17-20(18,19)15-5-3-2-4-13(15)10-16-14-8-9-14/h2-5,11-12,14,16-17H,6-10H2,1H3. The van der Waals surface area contributed by atoms with Gasteiger partial charge in [-0.3, -0.25) is 0 Å². The lowest BCUT2D eigenvalue weighted by Gasteiger charge is -2.16. The van der Waals surface area contributed by atoms with Gasteiger partial charge in [0.25, 0.3) is 0 Å². The topological polar surface area (TPSA) is 58.2 Å². The van der Waals surface area contributed by atoms with E-state index in [1.165, 1.54) is 12.8 Å². The number of sulfonamides is 1. The van der Waals surface area contributed by atoms with Crippen molar-refractivity contribution in [2.24, 2.45) is 5.92 Å². The van der Waals surface area contributed by atoms with Crippen LogP contribution in [0, 0.1) is 5.92 Å². The molecule has 0 radical (unpaired) electrons. The van der Waals surface area contributed by atoms with E-state index in [-0.39, 0.29) is 6.04 Å². The van der Waals surface area contributed by atoms with Gasteiger partial charge in [0.15, 0.2) is 0 Å². The molecule has 2 aliphatic carbocycles. The van der Waals surface area contributed by atoms with E-state index in [4.69, 9.17) is 0 Å². The van der Waals surface area contributed by atoms with Gasteiger partial charge in [-0.15, -0.1) is 0 Å². The summed E-state index contributed by atoms with van der Waals surface area (Å²) in [7, 11) is -3.41. The summed E-state index contributed by atoms with van der Waals surface area (Å²) in [5.74, 6) is 0.515. The highest BCUT2D eigenvalue weighted by Gasteiger charge is 2.32. The van der Waals surface area contributed by atoms with Gasteiger partial charge in [0.1, 0.15) is 0 Å². The molecule has 20 heavy (non-hydrogen) atoms. The number of benzene rings is 1. The normalized spacial score (nSPS) is 20.9. The third kappa shape index (κ3) is 3.40. The summed E-state index contributed by atoms with van der Waals surface area (Å²) in [5, 5.41) is 3.38. The van der Waals surface area contributed by atoms with E-state index in [1.807, 2.05) is 19.1 Å². The molecule has 1 aromatic rings. The molecule has 0 aromatic heterocycles. The molecule has 0 spiro atoms. The van der Waals surface area contributed by atoms with E-state index in [2.05, 4.69) is 10.0 Å². The first-order valence-electron chi connectivity index (χ1n) is 7.40. The average molecular weight is 294 g/mol. The summed E-state index contributed by atoms with van der Waals surface area (Å²) in [4.78, 5) is 0.417. The molecule has 2 fully saturated rings. The number of hydrogen-bond donors (Lipinski definition) is 2. The molecule has 0 heterocycles. The largest absolute Gasteiger partial charge is 0.310 e. The Morgan fingerprint density at radius 1 is 1.20 bits per heavy atom. The molecule has 0 saturated heterocycles. The molecule has 2 N–H and O–H groups in total. The molecule has 1 unspecified atom stereocenters. The smallest absolute Gasteiger partial charge is 0.241 e. The molecule has 2 saturated carbocycles. The van der Waals surface area contributed by atoms with Crippen LogP contribution in [0.4, 0.5) is 0 Å². The second kappa shape index (κ2) is 5.47. The van der Waals surface area contributed by atoms with Gasteiger partial charge in [0.2, 0.25) is 10.0 Å². The van der Waals surface area contributed by atoms with Crippen LogP contribution in [-0.4, -0.2) is 20.5 Å². The second-order valence-corrected chi connectivity index (χ2v) is 7.69. The Kier molecular flexibility index (Phi) is 3.84. The Morgan fingerprint density at radius 2 is 1.90 bits per heavy atom. The van der Waals surface area contributed by atoms with Gasteiger partial charge in [0, 0.05) is 18.6 Å². The van der Waals surface area contributed by atoms with Crippen LogP contribution in [0.5, 0.6) is 0 Å². The second-order valence-electron chi connectivity index (χ2n) is 6.01. The summed E-state index contributed by atoms with van der Waals surface area (Å²) in [6.45, 7) is 2.58. The van der Waals surface area contributed by atoms with Gasteiger partial charge in [0.05, 0.1) is 4.90 Å². The van der Waals surface area contributed by atoms with Crippen LogP contribution in [0.1, 0.15) is 38.2 Å². The SMILES string of the molecule is CC(NS(=O)(=O)c1ccccc1CNC1CC1)C1CC1. The summed E-state index contributed by atoms with van der Waals surface area (Å²) in [6, 6.07) is 7.88. The lowest BCUT2D eigenvalue weighted by molar-refractivity contribution is 0.536. The Labute approximate surface area is 121 Å². The van der Waals surface area contributed by atoms with Crippen molar-refractivity contribution in [3.8, 4) is 0 Å². The Hall–Kier alpha value is -0.910. The molecule has 0 bridgehead atoms. The van der Waals surface area contributed by atoms with E-state index < -0.39 is 10.0 Å². The maximum absolute atomic E-state index is 12.5. The van der Waals surface area contributed by atoms with Crippen LogP contribution in [0.2, 0.25) is 0 Å². The highest BCUT2D eigenvalue weighted by molar-refractivity contribution is 7.89. The zero-order chi connectivity index (χ0) is 14.2. The van der Waals surface area contributed by atoms with E-state index in [0.29, 0.717) is 23.4 Å². The predicted molar refractivity (Wildman–Crippen MR) is 78.8 cm³/mol. The van der Waals surface area contributed by atoms with Crippen LogP contribution in [-0.2, 0) is 16.6 Å². The fraction of sp³-hybridized carbons (Fsp3) is 0.600. The number of rotatable bonds is 7. The summed E-state index contributed by atoms with van der Waals surface area (Å²) >= 11 is 0. The zero-order valence-corrected chi connectivity index (χ0v) is 12.6. The van der Waals surface area contributed by atoms with Crippen molar-refractivity contribution in [1.82, 2.24) is 10.0 Å². The first-order valence-corrected chi connectivity index (χ1v) is 8.88. The van der Waals surface area contributed by atoms with Crippen LogP contribution >= 0.6 is 0 Å². The third-order valence-electron chi connectivity index (χ3n) is 4.09. The maximum Gasteiger partial charge on any atom is 0.241 e. The highest BCUT2D eigenvalue weighted by Crippen LogP contribution is 2.33. The Morgan fingerprint density at radius 3 is 2.55 bits per heavy atom. The molecule has 110 valence electrons. The minimum Gasteiger partial charge on any atom is -0.310 e. The van der Waals surface area contributed by atoms with Crippen molar-refractivity contribution in [1.29, 1.82) is 0 Å². The minimum absolute atomic E-state index is 0.0319. The van der Waals surface area contributed by atoms with Crippen molar-refractivity contribution in [2.75, 3.05) is 0 Å². The fourth-order valence-electron chi connectivity index (χ4n) is 2.45. The molecular weight excluding hydrogens is 272 g/mol. The molecule has 4 nitrogen and oxygen atoms in total. The Balaban J connectivity index is 1.75. The van der Waals surface area contributed by atoms with Crippen molar-refractivity contribution >= 4 is 10.0 Å². The molecule has 5 heteroatoms. The van der Waals surface area contributed by atoms with Crippen LogP contribution in [0.15, 0.2) is 29.2 Å². The number of nitrogens with one attached hydrogen (secondary N) is 2. The molecule has 0 aliphatic heterocycles. The van der Waals surface area contributed by atoms with Crippen LogP contribution in [0.25, 0.3) is 0 Å². The molecular formula is C15H22N2O2S. The summed E-state index contributed by atoms with van der Waals surface area (Å²) < 4.78 is 27.9. The van der Waals surface area contributed by atoms with E-state index in [0.717, 1.165) is 18.4 Å². The quantitative estimate of drug-likeness (QED) is 0.809.